The number of hydrogen-bond donors (Lipinski definition) is 0. The van der Waals surface area contributed by atoms with Crippen LogP contribution in [0.5, 0.6) is 0 Å². The predicted molar refractivity (Wildman–Crippen MR) is 91.0 cm³/mol. The summed E-state index contributed by atoms with van der Waals surface area (Å²) in [5, 5.41) is 0. The van der Waals surface area contributed by atoms with Gasteiger partial charge in [0.15, 0.2) is 0 Å². The Bertz CT molecular complexity index is 587. The minimum atomic E-state index is -4.93. The number of carbonyl (C=O) groups is 1. The number of likely N-dealkylation sites (N-methyl/N-ethyl adjacent to an activating group) is 1. The lowest BCUT2D eigenvalue weighted by molar-refractivity contribution is -0.170. The highest BCUT2D eigenvalue weighted by Crippen LogP contribution is 2.28. The van der Waals surface area contributed by atoms with Gasteiger partial charge < -0.3 is 19.4 Å². The molecule has 1 atom stereocenters. The smallest absolute Gasteiger partial charge is 0.380 e. The number of piperazine rings is 1. The Morgan fingerprint density at radius 3 is 2.48 bits per heavy atom. The maximum Gasteiger partial charge on any atom is 0.471 e. The maximum atomic E-state index is 13.0. The second kappa shape index (κ2) is 8.05. The van der Waals surface area contributed by atoms with E-state index in [1.54, 1.807) is 19.1 Å². The molecule has 0 aromatic heterocycles. The lowest BCUT2D eigenvalue weighted by Crippen LogP contribution is -2.45. The molecule has 0 radical (unpaired) electrons. The zero-order valence-electron chi connectivity index (χ0n) is 14.7. The summed E-state index contributed by atoms with van der Waals surface area (Å²) in [5.74, 6) is -1.88. The highest BCUT2D eigenvalue weighted by molar-refractivity contribution is 5.97. The van der Waals surface area contributed by atoms with Crippen LogP contribution in [-0.4, -0.2) is 70.0 Å². The second-order valence-corrected chi connectivity index (χ2v) is 6.27. The van der Waals surface area contributed by atoms with Gasteiger partial charge in [-0.3, -0.25) is 4.79 Å². The van der Waals surface area contributed by atoms with Crippen molar-refractivity contribution in [1.82, 2.24) is 4.90 Å². The van der Waals surface area contributed by atoms with Gasteiger partial charge in [0.25, 0.3) is 0 Å². The fraction of sp³-hybridized carbons (Fsp3) is 0.588. The standard InChI is InChI=1S/C17H24F3N3O2/c1-13(25-3)12-23(16(24)17(18,19)20)15-6-4-5-14(11-15)22-9-7-21(2)8-10-22/h4-6,11,13H,7-10,12H2,1-3H3. The molecule has 8 heteroatoms. The van der Waals surface area contributed by atoms with E-state index in [0.29, 0.717) is 0 Å². The van der Waals surface area contributed by atoms with Gasteiger partial charge in [-0.2, -0.15) is 13.2 Å². The van der Waals surface area contributed by atoms with E-state index in [1.807, 2.05) is 13.1 Å². The van der Waals surface area contributed by atoms with Crippen molar-refractivity contribution in [2.45, 2.75) is 19.2 Å². The zero-order chi connectivity index (χ0) is 18.6. The molecule has 2 rings (SSSR count). The normalized spacial score (nSPS) is 17.4. The molecule has 5 nitrogen and oxygen atoms in total. The Labute approximate surface area is 145 Å². The van der Waals surface area contributed by atoms with Crippen LogP contribution < -0.4 is 9.80 Å². The van der Waals surface area contributed by atoms with E-state index in [2.05, 4.69) is 9.80 Å². The minimum Gasteiger partial charge on any atom is -0.380 e. The Morgan fingerprint density at radius 2 is 1.92 bits per heavy atom. The highest BCUT2D eigenvalue weighted by Gasteiger charge is 2.43. The lowest BCUT2D eigenvalue weighted by Gasteiger charge is -2.35. The molecule has 1 aliphatic heterocycles. The SMILES string of the molecule is COC(C)CN(C(=O)C(F)(F)F)c1cccc(N2CCN(C)CC2)c1. The molecule has 1 aromatic carbocycles. The molecule has 25 heavy (non-hydrogen) atoms. The second-order valence-electron chi connectivity index (χ2n) is 6.27. The molecule has 140 valence electrons. The summed E-state index contributed by atoms with van der Waals surface area (Å²) >= 11 is 0. The summed E-state index contributed by atoms with van der Waals surface area (Å²) in [6, 6.07) is 6.69. The Morgan fingerprint density at radius 1 is 1.28 bits per heavy atom. The van der Waals surface area contributed by atoms with Crippen molar-refractivity contribution >= 4 is 17.3 Å². The van der Waals surface area contributed by atoms with E-state index in [9.17, 15) is 18.0 Å². The van der Waals surface area contributed by atoms with Crippen LogP contribution in [-0.2, 0) is 9.53 Å². The van der Waals surface area contributed by atoms with Crippen LogP contribution >= 0.6 is 0 Å². The van der Waals surface area contributed by atoms with Crippen LogP contribution in [0.15, 0.2) is 24.3 Å². The number of alkyl halides is 3. The fourth-order valence-electron chi connectivity index (χ4n) is 2.71. The van der Waals surface area contributed by atoms with Crippen molar-refractivity contribution in [1.29, 1.82) is 0 Å². The number of carbonyl (C=O) groups excluding carboxylic acids is 1. The first-order chi connectivity index (χ1) is 11.7. The van der Waals surface area contributed by atoms with Crippen molar-refractivity contribution in [3.05, 3.63) is 24.3 Å². The number of anilines is 2. The minimum absolute atomic E-state index is 0.166. The van der Waals surface area contributed by atoms with Gasteiger partial charge in [-0.05, 0) is 32.2 Å². The molecular weight excluding hydrogens is 335 g/mol. The number of rotatable bonds is 5. The number of benzene rings is 1. The molecule has 1 aliphatic rings. The van der Waals surface area contributed by atoms with E-state index in [1.165, 1.54) is 13.2 Å². The number of hydrogen-bond acceptors (Lipinski definition) is 4. The van der Waals surface area contributed by atoms with Gasteiger partial charge in [0.05, 0.1) is 12.6 Å². The van der Waals surface area contributed by atoms with Gasteiger partial charge >= 0.3 is 12.1 Å². The third-order valence-corrected chi connectivity index (χ3v) is 4.34. The number of amides is 1. The quantitative estimate of drug-likeness (QED) is 0.809. The number of halogens is 3. The van der Waals surface area contributed by atoms with Crippen LogP contribution in [0.4, 0.5) is 24.5 Å². The van der Waals surface area contributed by atoms with Crippen LogP contribution in [0.1, 0.15) is 6.92 Å². The van der Waals surface area contributed by atoms with Crippen LogP contribution in [0.3, 0.4) is 0 Å². The topological polar surface area (TPSA) is 36.0 Å². The van der Waals surface area contributed by atoms with Crippen molar-refractivity contribution in [2.24, 2.45) is 0 Å². The molecule has 0 spiro atoms. The first-order valence-corrected chi connectivity index (χ1v) is 8.17. The molecule has 0 bridgehead atoms. The van der Waals surface area contributed by atoms with E-state index in [-0.39, 0.29) is 12.2 Å². The summed E-state index contributed by atoms with van der Waals surface area (Å²) in [4.78, 5) is 16.9. The van der Waals surface area contributed by atoms with Crippen molar-refractivity contribution < 1.29 is 22.7 Å². The maximum absolute atomic E-state index is 13.0. The van der Waals surface area contributed by atoms with Gasteiger partial charge in [-0.25, -0.2) is 0 Å². The molecular formula is C17H24F3N3O2. The highest BCUT2D eigenvalue weighted by atomic mass is 19.4. The average Bonchev–Trinajstić information content (AvgIpc) is 2.58. The van der Waals surface area contributed by atoms with E-state index in [0.717, 1.165) is 36.8 Å². The summed E-state index contributed by atoms with van der Waals surface area (Å²) in [6.07, 6.45) is -5.45. The zero-order valence-corrected chi connectivity index (χ0v) is 14.7. The summed E-state index contributed by atoms with van der Waals surface area (Å²) in [5.41, 5.74) is 1.04. The molecule has 0 N–H and O–H groups in total. The fourth-order valence-corrected chi connectivity index (χ4v) is 2.71. The van der Waals surface area contributed by atoms with Gasteiger partial charge in [-0.15, -0.1) is 0 Å². The van der Waals surface area contributed by atoms with Crippen molar-refractivity contribution in [3.63, 3.8) is 0 Å². The molecule has 1 fully saturated rings. The Balaban J connectivity index is 2.27. The van der Waals surface area contributed by atoms with Crippen molar-refractivity contribution in [2.75, 3.05) is 56.7 Å². The molecule has 1 saturated heterocycles. The molecule has 0 saturated carbocycles. The lowest BCUT2D eigenvalue weighted by atomic mass is 10.2. The van der Waals surface area contributed by atoms with E-state index in [4.69, 9.17) is 4.74 Å². The predicted octanol–water partition coefficient (Wildman–Crippen LogP) is 2.37. The Kier molecular flexibility index (Phi) is 6.29. The van der Waals surface area contributed by atoms with Gasteiger partial charge in [0, 0.05) is 44.7 Å². The average molecular weight is 359 g/mol. The number of methoxy groups -OCH3 is 1. The third kappa shape index (κ3) is 5.09. The number of nitrogens with zero attached hydrogens (tertiary/aromatic N) is 3. The van der Waals surface area contributed by atoms with E-state index >= 15 is 0 Å². The monoisotopic (exact) mass is 359 g/mol. The summed E-state index contributed by atoms with van der Waals surface area (Å²) < 4.78 is 44.0. The van der Waals surface area contributed by atoms with Gasteiger partial charge in [-0.1, -0.05) is 6.07 Å². The number of ether oxygens (including phenoxy) is 1. The molecule has 0 aliphatic carbocycles. The van der Waals surface area contributed by atoms with Crippen molar-refractivity contribution in [3.8, 4) is 0 Å². The van der Waals surface area contributed by atoms with Crippen LogP contribution in [0.25, 0.3) is 0 Å². The summed E-state index contributed by atoms with van der Waals surface area (Å²) in [7, 11) is 3.44. The Hall–Kier alpha value is -1.80. The molecule has 1 aromatic rings. The summed E-state index contributed by atoms with van der Waals surface area (Å²) in [6.45, 7) is 4.82. The first kappa shape index (κ1) is 19.5. The van der Waals surface area contributed by atoms with Gasteiger partial charge in [0.1, 0.15) is 0 Å². The molecule has 1 amide bonds. The first-order valence-electron chi connectivity index (χ1n) is 8.17. The van der Waals surface area contributed by atoms with E-state index < -0.39 is 18.2 Å². The molecule has 1 heterocycles. The van der Waals surface area contributed by atoms with Crippen LogP contribution in [0, 0.1) is 0 Å². The van der Waals surface area contributed by atoms with Gasteiger partial charge in [0.2, 0.25) is 0 Å². The third-order valence-electron chi connectivity index (χ3n) is 4.34. The largest absolute Gasteiger partial charge is 0.471 e. The van der Waals surface area contributed by atoms with Crippen LogP contribution in [0.2, 0.25) is 0 Å². The molecule has 1 unspecified atom stereocenters.